The fraction of sp³-hybridized carbons (Fsp3) is 1.00. The predicted octanol–water partition coefficient (Wildman–Crippen LogP) is 2.37. The molecule has 0 aromatic carbocycles. The Labute approximate surface area is 83.2 Å². The van der Waals surface area contributed by atoms with Crippen LogP contribution in [0.4, 0.5) is 0 Å². The Morgan fingerprint density at radius 3 is 2.23 bits per heavy atom. The molecule has 1 unspecified atom stereocenters. The van der Waals surface area contributed by atoms with Crippen molar-refractivity contribution < 1.29 is 4.43 Å². The summed E-state index contributed by atoms with van der Waals surface area (Å²) in [4.78, 5) is 0. The van der Waals surface area contributed by atoms with Crippen LogP contribution in [0.5, 0.6) is 0 Å². The number of rotatable bonds is 3. The van der Waals surface area contributed by atoms with E-state index in [-0.39, 0.29) is 0 Å². The highest BCUT2D eigenvalue weighted by atomic mass is 28.4. The molecule has 0 aromatic heterocycles. The molecule has 0 aliphatic carbocycles. The second kappa shape index (κ2) is 3.71. The first kappa shape index (κ1) is 11.2. The molecule has 13 heavy (non-hydrogen) atoms. The van der Waals surface area contributed by atoms with Crippen molar-refractivity contribution in [3.8, 4) is 0 Å². The Balaban J connectivity index is 2.32. The Morgan fingerprint density at radius 2 is 1.92 bits per heavy atom. The quantitative estimate of drug-likeness (QED) is 0.708. The third-order valence-corrected chi connectivity index (χ3v) is 7.88. The summed E-state index contributed by atoms with van der Waals surface area (Å²) in [6.07, 6.45) is 1.29. The molecule has 1 rings (SSSR count). The number of hydrogen-bond acceptors (Lipinski definition) is 2. The van der Waals surface area contributed by atoms with Gasteiger partial charge in [-0.2, -0.15) is 0 Å². The molecule has 1 atom stereocenters. The van der Waals surface area contributed by atoms with Gasteiger partial charge in [-0.05, 0) is 31.1 Å². The highest BCUT2D eigenvalue weighted by Crippen LogP contribution is 2.36. The van der Waals surface area contributed by atoms with Crippen molar-refractivity contribution in [3.05, 3.63) is 0 Å². The molecule has 0 radical (unpaired) electrons. The average molecular weight is 201 g/mol. The van der Waals surface area contributed by atoms with Crippen LogP contribution in [0.3, 0.4) is 0 Å². The predicted molar refractivity (Wildman–Crippen MR) is 59.6 cm³/mol. The van der Waals surface area contributed by atoms with Crippen LogP contribution in [0.2, 0.25) is 18.1 Å². The number of hydrogen-bond donors (Lipinski definition) is 1. The van der Waals surface area contributed by atoms with Crippen molar-refractivity contribution >= 4 is 8.32 Å². The van der Waals surface area contributed by atoms with Crippen LogP contribution in [0.25, 0.3) is 0 Å². The molecular weight excluding hydrogens is 178 g/mol. The van der Waals surface area contributed by atoms with Gasteiger partial charge in [-0.25, -0.2) is 0 Å². The lowest BCUT2D eigenvalue weighted by molar-refractivity contribution is 0.201. The molecule has 1 aliphatic heterocycles. The zero-order chi connectivity index (χ0) is 10.1. The second-order valence-corrected chi connectivity index (χ2v) is 10.3. The van der Waals surface area contributed by atoms with E-state index in [9.17, 15) is 0 Å². The standard InChI is InChI=1S/C10H23NOSi/c1-10(2,3)13(4,5)12-8-9-6-7-11-9/h9,11H,6-8H2,1-5H3. The van der Waals surface area contributed by atoms with E-state index in [1.54, 1.807) is 0 Å². The summed E-state index contributed by atoms with van der Waals surface area (Å²) in [5.74, 6) is 0. The summed E-state index contributed by atoms with van der Waals surface area (Å²) in [5, 5.41) is 3.71. The van der Waals surface area contributed by atoms with Crippen LogP contribution in [-0.2, 0) is 4.43 Å². The van der Waals surface area contributed by atoms with E-state index < -0.39 is 8.32 Å². The monoisotopic (exact) mass is 201 g/mol. The first-order valence-corrected chi connectivity index (χ1v) is 8.11. The molecule has 78 valence electrons. The van der Waals surface area contributed by atoms with Crippen molar-refractivity contribution in [1.29, 1.82) is 0 Å². The molecule has 1 heterocycles. The highest BCUT2D eigenvalue weighted by molar-refractivity contribution is 6.74. The van der Waals surface area contributed by atoms with Gasteiger partial charge < -0.3 is 9.74 Å². The molecule has 0 amide bonds. The van der Waals surface area contributed by atoms with E-state index in [0.29, 0.717) is 11.1 Å². The zero-order valence-electron chi connectivity index (χ0n) is 9.61. The maximum Gasteiger partial charge on any atom is 0.192 e. The molecular formula is C10H23NOSi. The van der Waals surface area contributed by atoms with Crippen LogP contribution in [0, 0.1) is 0 Å². The van der Waals surface area contributed by atoms with Crippen LogP contribution in [0.1, 0.15) is 27.2 Å². The van der Waals surface area contributed by atoms with Gasteiger partial charge in [0.05, 0.1) is 0 Å². The lowest BCUT2D eigenvalue weighted by Gasteiger charge is -2.39. The van der Waals surface area contributed by atoms with E-state index in [1.165, 1.54) is 13.0 Å². The Kier molecular flexibility index (Phi) is 3.20. The van der Waals surface area contributed by atoms with Crippen LogP contribution >= 0.6 is 0 Å². The maximum absolute atomic E-state index is 6.07. The minimum absolute atomic E-state index is 0.344. The lowest BCUT2D eigenvalue weighted by atomic mass is 10.1. The van der Waals surface area contributed by atoms with Gasteiger partial charge in [0.1, 0.15) is 0 Å². The first-order chi connectivity index (χ1) is 5.83. The van der Waals surface area contributed by atoms with Gasteiger partial charge >= 0.3 is 0 Å². The minimum atomic E-state index is -1.49. The topological polar surface area (TPSA) is 21.3 Å². The van der Waals surface area contributed by atoms with Gasteiger partial charge in [0.2, 0.25) is 0 Å². The zero-order valence-corrected chi connectivity index (χ0v) is 10.6. The van der Waals surface area contributed by atoms with Gasteiger partial charge in [0, 0.05) is 12.6 Å². The van der Waals surface area contributed by atoms with Gasteiger partial charge in [0.15, 0.2) is 8.32 Å². The molecule has 1 fully saturated rings. The van der Waals surface area contributed by atoms with Crippen molar-refractivity contribution in [1.82, 2.24) is 5.32 Å². The fourth-order valence-electron chi connectivity index (χ4n) is 1.02. The summed E-state index contributed by atoms with van der Waals surface area (Å²) in [7, 11) is -1.49. The van der Waals surface area contributed by atoms with Crippen molar-refractivity contribution in [2.75, 3.05) is 13.2 Å². The highest BCUT2D eigenvalue weighted by Gasteiger charge is 2.37. The molecule has 0 bridgehead atoms. The van der Waals surface area contributed by atoms with E-state index in [0.717, 1.165) is 6.61 Å². The lowest BCUT2D eigenvalue weighted by Crippen LogP contribution is -2.50. The molecule has 1 aliphatic rings. The Bertz CT molecular complexity index is 170. The van der Waals surface area contributed by atoms with E-state index in [2.05, 4.69) is 39.2 Å². The fourth-order valence-corrected chi connectivity index (χ4v) is 2.07. The SMILES string of the molecule is CC(C)(C)[Si](C)(C)OCC1CCN1. The third-order valence-electron chi connectivity index (χ3n) is 3.38. The van der Waals surface area contributed by atoms with Gasteiger partial charge in [-0.3, -0.25) is 0 Å². The third kappa shape index (κ3) is 2.79. The summed E-state index contributed by atoms with van der Waals surface area (Å²) in [5.41, 5.74) is 0. The molecule has 1 N–H and O–H groups in total. The summed E-state index contributed by atoms with van der Waals surface area (Å²) < 4.78 is 6.07. The molecule has 2 nitrogen and oxygen atoms in total. The van der Waals surface area contributed by atoms with Gasteiger partial charge in [-0.15, -0.1) is 0 Å². The van der Waals surface area contributed by atoms with Crippen molar-refractivity contribution in [2.45, 2.75) is 51.4 Å². The van der Waals surface area contributed by atoms with E-state index in [1.807, 2.05) is 0 Å². The Hall–Kier alpha value is 0.137. The van der Waals surface area contributed by atoms with Gasteiger partial charge in [0.25, 0.3) is 0 Å². The van der Waals surface area contributed by atoms with Crippen LogP contribution in [-0.4, -0.2) is 27.5 Å². The molecule has 0 saturated carbocycles. The minimum Gasteiger partial charge on any atom is -0.415 e. The summed E-state index contributed by atoms with van der Waals surface area (Å²) in [6.45, 7) is 13.6. The van der Waals surface area contributed by atoms with Crippen LogP contribution in [0.15, 0.2) is 0 Å². The van der Waals surface area contributed by atoms with Crippen molar-refractivity contribution in [2.24, 2.45) is 0 Å². The van der Waals surface area contributed by atoms with Crippen LogP contribution < -0.4 is 5.32 Å². The molecule has 1 saturated heterocycles. The maximum atomic E-state index is 6.07. The second-order valence-electron chi connectivity index (χ2n) is 5.51. The summed E-state index contributed by atoms with van der Waals surface area (Å²) in [6, 6.07) is 0.633. The molecule has 0 aromatic rings. The molecule has 3 heteroatoms. The number of nitrogens with one attached hydrogen (secondary N) is 1. The largest absolute Gasteiger partial charge is 0.415 e. The smallest absolute Gasteiger partial charge is 0.192 e. The summed E-state index contributed by atoms with van der Waals surface area (Å²) >= 11 is 0. The Morgan fingerprint density at radius 1 is 1.38 bits per heavy atom. The normalized spacial score (nSPS) is 24.2. The van der Waals surface area contributed by atoms with Gasteiger partial charge in [-0.1, -0.05) is 20.8 Å². The average Bonchev–Trinajstić information content (AvgIpc) is 1.80. The van der Waals surface area contributed by atoms with Crippen molar-refractivity contribution in [3.63, 3.8) is 0 Å². The van der Waals surface area contributed by atoms with E-state index >= 15 is 0 Å². The first-order valence-electron chi connectivity index (χ1n) is 5.20. The molecule has 0 spiro atoms. The van der Waals surface area contributed by atoms with E-state index in [4.69, 9.17) is 4.43 Å².